The van der Waals surface area contributed by atoms with E-state index in [1.54, 1.807) is 25.1 Å². The minimum absolute atomic E-state index is 0.0896. The molecule has 134 valence electrons. The highest BCUT2D eigenvalue weighted by atomic mass is 35.5. The van der Waals surface area contributed by atoms with Gasteiger partial charge in [-0.3, -0.25) is 9.59 Å². The molecule has 0 bridgehead atoms. The van der Waals surface area contributed by atoms with Crippen molar-refractivity contribution in [1.29, 1.82) is 0 Å². The maximum Gasteiger partial charge on any atom is 0.242 e. The Morgan fingerprint density at radius 2 is 2.20 bits per heavy atom. The van der Waals surface area contributed by atoms with E-state index in [0.717, 1.165) is 6.42 Å². The normalized spacial score (nSPS) is 11.8. The maximum absolute atomic E-state index is 12.0. The molecule has 0 fully saturated rings. The first kappa shape index (κ1) is 19.2. The number of carbonyl (C=O) groups is 2. The standard InChI is InChI=1S/C15H19ClN6O2S/c1-3-7-17-14(24)10(2)18-13(23)9-25-15-19-20-21-22(15)12-6-4-5-11(16)8-12/h4-6,8,10H,3,7,9H2,1-2H3,(H,17,24)(H,18,23)/t10-/m1/s1. The van der Waals surface area contributed by atoms with Crippen LogP contribution in [0.2, 0.25) is 5.02 Å². The van der Waals surface area contributed by atoms with E-state index in [1.165, 1.54) is 16.4 Å². The Morgan fingerprint density at radius 1 is 1.40 bits per heavy atom. The summed E-state index contributed by atoms with van der Waals surface area (Å²) in [7, 11) is 0. The molecule has 2 rings (SSSR count). The Labute approximate surface area is 154 Å². The smallest absolute Gasteiger partial charge is 0.242 e. The van der Waals surface area contributed by atoms with E-state index < -0.39 is 6.04 Å². The average molecular weight is 383 g/mol. The van der Waals surface area contributed by atoms with Crippen LogP contribution in [-0.4, -0.2) is 50.4 Å². The number of nitrogens with zero attached hydrogens (tertiary/aromatic N) is 4. The van der Waals surface area contributed by atoms with Crippen molar-refractivity contribution in [1.82, 2.24) is 30.8 Å². The summed E-state index contributed by atoms with van der Waals surface area (Å²) in [4.78, 5) is 23.8. The van der Waals surface area contributed by atoms with Crippen molar-refractivity contribution in [2.45, 2.75) is 31.5 Å². The molecule has 1 aromatic heterocycles. The van der Waals surface area contributed by atoms with E-state index in [1.807, 2.05) is 13.0 Å². The van der Waals surface area contributed by atoms with Crippen molar-refractivity contribution >= 4 is 35.2 Å². The number of benzene rings is 1. The average Bonchev–Trinajstić information content (AvgIpc) is 3.06. The molecule has 1 atom stereocenters. The quantitative estimate of drug-likeness (QED) is 0.670. The van der Waals surface area contributed by atoms with Crippen LogP contribution in [0, 0.1) is 0 Å². The number of carbonyl (C=O) groups excluding carboxylic acids is 2. The van der Waals surface area contributed by atoms with Crippen molar-refractivity contribution in [3.05, 3.63) is 29.3 Å². The second-order valence-electron chi connectivity index (χ2n) is 5.22. The lowest BCUT2D eigenvalue weighted by atomic mass is 10.3. The van der Waals surface area contributed by atoms with Crippen LogP contribution in [0.1, 0.15) is 20.3 Å². The first-order valence-electron chi connectivity index (χ1n) is 7.75. The van der Waals surface area contributed by atoms with E-state index in [-0.39, 0.29) is 17.6 Å². The Bertz CT molecular complexity index is 738. The van der Waals surface area contributed by atoms with Gasteiger partial charge in [0.25, 0.3) is 0 Å². The van der Waals surface area contributed by atoms with Gasteiger partial charge in [0, 0.05) is 11.6 Å². The minimum Gasteiger partial charge on any atom is -0.354 e. The molecular formula is C15H19ClN6O2S. The largest absolute Gasteiger partial charge is 0.354 e. The molecule has 0 radical (unpaired) electrons. The van der Waals surface area contributed by atoms with E-state index in [4.69, 9.17) is 11.6 Å². The van der Waals surface area contributed by atoms with Gasteiger partial charge < -0.3 is 10.6 Å². The number of hydrogen-bond donors (Lipinski definition) is 2. The predicted octanol–water partition coefficient (Wildman–Crippen LogP) is 1.44. The minimum atomic E-state index is -0.594. The van der Waals surface area contributed by atoms with E-state index in [2.05, 4.69) is 26.2 Å². The molecule has 0 saturated carbocycles. The van der Waals surface area contributed by atoms with Gasteiger partial charge in [-0.25, -0.2) is 0 Å². The van der Waals surface area contributed by atoms with Crippen LogP contribution in [-0.2, 0) is 9.59 Å². The van der Waals surface area contributed by atoms with Gasteiger partial charge in [0.1, 0.15) is 6.04 Å². The van der Waals surface area contributed by atoms with Gasteiger partial charge in [0.2, 0.25) is 17.0 Å². The van der Waals surface area contributed by atoms with Crippen molar-refractivity contribution in [3.8, 4) is 5.69 Å². The topological polar surface area (TPSA) is 102 Å². The predicted molar refractivity (Wildman–Crippen MR) is 95.8 cm³/mol. The van der Waals surface area contributed by atoms with Crippen LogP contribution >= 0.6 is 23.4 Å². The molecule has 2 amide bonds. The molecule has 0 unspecified atom stereocenters. The Hall–Kier alpha value is -2.13. The zero-order valence-corrected chi connectivity index (χ0v) is 15.5. The van der Waals surface area contributed by atoms with Gasteiger partial charge in [-0.2, -0.15) is 4.68 Å². The van der Waals surface area contributed by atoms with Crippen molar-refractivity contribution < 1.29 is 9.59 Å². The lowest BCUT2D eigenvalue weighted by Gasteiger charge is -2.13. The third-order valence-corrected chi connectivity index (χ3v) is 4.30. The summed E-state index contributed by atoms with van der Waals surface area (Å²) < 4.78 is 1.50. The molecule has 1 heterocycles. The van der Waals surface area contributed by atoms with Gasteiger partial charge in [-0.1, -0.05) is 36.4 Å². The van der Waals surface area contributed by atoms with Crippen LogP contribution in [0.5, 0.6) is 0 Å². The highest BCUT2D eigenvalue weighted by Gasteiger charge is 2.16. The fourth-order valence-corrected chi connectivity index (χ4v) is 2.81. The second kappa shape index (κ2) is 9.38. The SMILES string of the molecule is CCCNC(=O)[C@@H](C)NC(=O)CSc1nnnn1-c1cccc(Cl)c1. The van der Waals surface area contributed by atoms with Crippen LogP contribution in [0.25, 0.3) is 5.69 Å². The number of aromatic nitrogens is 4. The molecule has 2 aromatic rings. The number of amides is 2. The molecule has 8 nitrogen and oxygen atoms in total. The maximum atomic E-state index is 12.0. The monoisotopic (exact) mass is 382 g/mol. The molecule has 0 aliphatic rings. The van der Waals surface area contributed by atoms with Crippen LogP contribution < -0.4 is 10.6 Å². The van der Waals surface area contributed by atoms with Gasteiger partial charge in [0.05, 0.1) is 11.4 Å². The number of thioether (sulfide) groups is 1. The summed E-state index contributed by atoms with van der Waals surface area (Å²) >= 11 is 7.15. The number of nitrogens with one attached hydrogen (secondary N) is 2. The van der Waals surface area contributed by atoms with Gasteiger partial charge in [0.15, 0.2) is 0 Å². The lowest BCUT2D eigenvalue weighted by molar-refractivity contribution is -0.127. The highest BCUT2D eigenvalue weighted by molar-refractivity contribution is 7.99. The molecular weight excluding hydrogens is 364 g/mol. The molecule has 1 aromatic carbocycles. The summed E-state index contributed by atoms with van der Waals surface area (Å²) in [6.07, 6.45) is 0.842. The fourth-order valence-electron chi connectivity index (χ4n) is 1.92. The van der Waals surface area contributed by atoms with Crippen molar-refractivity contribution in [3.63, 3.8) is 0 Å². The number of tetrazole rings is 1. The summed E-state index contributed by atoms with van der Waals surface area (Å²) in [5.74, 6) is -0.388. The van der Waals surface area contributed by atoms with E-state index in [0.29, 0.717) is 22.4 Å². The van der Waals surface area contributed by atoms with Gasteiger partial charge in [-0.05, 0) is 42.0 Å². The van der Waals surface area contributed by atoms with Gasteiger partial charge in [-0.15, -0.1) is 5.10 Å². The van der Waals surface area contributed by atoms with Crippen LogP contribution in [0.15, 0.2) is 29.4 Å². The lowest BCUT2D eigenvalue weighted by Crippen LogP contribution is -2.45. The Kier molecular flexibility index (Phi) is 7.20. The molecule has 0 aliphatic heterocycles. The first-order chi connectivity index (χ1) is 12.0. The zero-order chi connectivity index (χ0) is 18.2. The Balaban J connectivity index is 1.91. The van der Waals surface area contributed by atoms with Crippen LogP contribution in [0.4, 0.5) is 0 Å². The highest BCUT2D eigenvalue weighted by Crippen LogP contribution is 2.20. The summed E-state index contributed by atoms with van der Waals surface area (Å²) in [5, 5.41) is 17.9. The Morgan fingerprint density at radius 3 is 2.92 bits per heavy atom. The van der Waals surface area contributed by atoms with E-state index >= 15 is 0 Å². The number of hydrogen-bond acceptors (Lipinski definition) is 6. The molecule has 0 spiro atoms. The fraction of sp³-hybridized carbons (Fsp3) is 0.400. The van der Waals surface area contributed by atoms with Crippen molar-refractivity contribution in [2.24, 2.45) is 0 Å². The van der Waals surface area contributed by atoms with Gasteiger partial charge >= 0.3 is 0 Å². The van der Waals surface area contributed by atoms with Crippen LogP contribution in [0.3, 0.4) is 0 Å². The summed E-state index contributed by atoms with van der Waals surface area (Å²) in [6, 6.07) is 6.48. The molecule has 0 saturated heterocycles. The summed E-state index contributed by atoms with van der Waals surface area (Å²) in [5.41, 5.74) is 0.702. The molecule has 25 heavy (non-hydrogen) atoms. The first-order valence-corrected chi connectivity index (χ1v) is 9.11. The second-order valence-corrected chi connectivity index (χ2v) is 6.60. The summed E-state index contributed by atoms with van der Waals surface area (Å²) in [6.45, 7) is 4.19. The molecule has 2 N–H and O–H groups in total. The third-order valence-electron chi connectivity index (χ3n) is 3.15. The third kappa shape index (κ3) is 5.71. The number of rotatable bonds is 8. The molecule has 10 heteroatoms. The van der Waals surface area contributed by atoms with Crippen molar-refractivity contribution in [2.75, 3.05) is 12.3 Å². The van der Waals surface area contributed by atoms with E-state index in [9.17, 15) is 9.59 Å². The number of halogens is 1. The molecule has 0 aliphatic carbocycles. The zero-order valence-electron chi connectivity index (χ0n) is 13.9.